The maximum Gasteiger partial charge on any atom is 0.244 e. The minimum Gasteiger partial charge on any atom is -0.347 e. The lowest BCUT2D eigenvalue weighted by atomic mass is 10.1. The zero-order chi connectivity index (χ0) is 14.9. The summed E-state index contributed by atoms with van der Waals surface area (Å²) in [6, 6.07) is 16.0. The second-order valence-electron chi connectivity index (χ2n) is 5.02. The summed E-state index contributed by atoms with van der Waals surface area (Å²) in [7, 11) is 0. The molecule has 3 nitrogen and oxygen atoms in total. The lowest BCUT2D eigenvalue weighted by Gasteiger charge is -2.04. The number of aryl methyl sites for hydroxylation is 1. The normalized spacial score (nSPS) is 11.2. The van der Waals surface area contributed by atoms with Crippen LogP contribution in [0.4, 0.5) is 0 Å². The topological polar surface area (TPSA) is 42.0 Å². The third-order valence-corrected chi connectivity index (χ3v) is 3.20. The van der Waals surface area contributed by atoms with Gasteiger partial charge in [0.05, 0.1) is 12.2 Å². The first-order chi connectivity index (χ1) is 10.2. The number of nitrogens with zero attached hydrogens (tertiary/aromatic N) is 1. The van der Waals surface area contributed by atoms with Gasteiger partial charge in [0.2, 0.25) is 5.91 Å². The summed E-state index contributed by atoms with van der Waals surface area (Å²) in [6.07, 6.45) is 5.24. The summed E-state index contributed by atoms with van der Waals surface area (Å²) in [5, 5.41) is 2.85. The third kappa shape index (κ3) is 5.61. The minimum atomic E-state index is -0.0637. The zero-order valence-electron chi connectivity index (χ0n) is 12.3. The van der Waals surface area contributed by atoms with E-state index in [0.717, 1.165) is 24.1 Å². The van der Waals surface area contributed by atoms with Crippen LogP contribution in [0.2, 0.25) is 0 Å². The molecule has 21 heavy (non-hydrogen) atoms. The third-order valence-electron chi connectivity index (χ3n) is 3.20. The number of amides is 1. The molecule has 0 saturated heterocycles. The first kappa shape index (κ1) is 15.0. The first-order valence-corrected chi connectivity index (χ1v) is 7.13. The molecule has 0 bridgehead atoms. The van der Waals surface area contributed by atoms with E-state index in [9.17, 15) is 4.79 Å². The molecule has 1 aromatic heterocycles. The van der Waals surface area contributed by atoms with Crippen LogP contribution in [0.15, 0.2) is 66.4 Å². The van der Waals surface area contributed by atoms with Crippen LogP contribution in [0.5, 0.6) is 0 Å². The van der Waals surface area contributed by atoms with Crippen molar-refractivity contribution in [1.82, 2.24) is 10.3 Å². The Bertz CT molecular complexity index is 591. The molecule has 0 aliphatic rings. The molecule has 0 aliphatic heterocycles. The average Bonchev–Trinajstić information content (AvgIpc) is 2.53. The van der Waals surface area contributed by atoms with E-state index in [0.29, 0.717) is 6.54 Å². The molecule has 2 aromatic rings. The highest BCUT2D eigenvalue weighted by Gasteiger charge is 2.00. The van der Waals surface area contributed by atoms with Crippen LogP contribution in [0, 0.1) is 0 Å². The molecule has 1 aromatic carbocycles. The fraction of sp³-hybridized carbons (Fsp3) is 0.222. The Morgan fingerprint density at radius 2 is 1.90 bits per heavy atom. The number of pyridine rings is 1. The molecule has 2 rings (SSSR count). The maximum absolute atomic E-state index is 11.8. The molecule has 0 unspecified atom stereocenters. The summed E-state index contributed by atoms with van der Waals surface area (Å²) in [5.41, 5.74) is 3.23. The van der Waals surface area contributed by atoms with Crippen molar-refractivity contribution in [2.75, 3.05) is 0 Å². The molecule has 108 valence electrons. The van der Waals surface area contributed by atoms with E-state index in [4.69, 9.17) is 0 Å². The standard InChI is InChI=1S/C18H20N2O/c1-15(10-11-16-7-3-2-4-8-16)13-18(21)20-14-17-9-5-6-12-19-17/h2-9,12-13H,10-11,14H2,1H3,(H,20,21). The van der Waals surface area contributed by atoms with E-state index < -0.39 is 0 Å². The second kappa shape index (κ2) is 8.00. The van der Waals surface area contributed by atoms with Crippen molar-refractivity contribution in [3.63, 3.8) is 0 Å². The van der Waals surface area contributed by atoms with Gasteiger partial charge in [0.25, 0.3) is 0 Å². The fourth-order valence-corrected chi connectivity index (χ4v) is 2.01. The Morgan fingerprint density at radius 1 is 1.14 bits per heavy atom. The Hall–Kier alpha value is -2.42. The van der Waals surface area contributed by atoms with Crippen LogP contribution in [0.1, 0.15) is 24.6 Å². The molecule has 0 saturated carbocycles. The molecule has 1 heterocycles. The van der Waals surface area contributed by atoms with Gasteiger partial charge in [-0.25, -0.2) is 0 Å². The monoisotopic (exact) mass is 280 g/mol. The molecule has 0 radical (unpaired) electrons. The van der Waals surface area contributed by atoms with Gasteiger partial charge in [0.1, 0.15) is 0 Å². The van der Waals surface area contributed by atoms with E-state index in [1.165, 1.54) is 5.56 Å². The number of rotatable bonds is 6. The quantitative estimate of drug-likeness (QED) is 0.825. The zero-order valence-corrected chi connectivity index (χ0v) is 12.3. The maximum atomic E-state index is 11.8. The van der Waals surface area contributed by atoms with Crippen molar-refractivity contribution in [3.8, 4) is 0 Å². The molecule has 1 amide bonds. The van der Waals surface area contributed by atoms with E-state index in [-0.39, 0.29) is 5.91 Å². The highest BCUT2D eigenvalue weighted by molar-refractivity contribution is 5.88. The summed E-state index contributed by atoms with van der Waals surface area (Å²) in [4.78, 5) is 16.0. The van der Waals surface area contributed by atoms with Crippen molar-refractivity contribution in [2.45, 2.75) is 26.3 Å². The van der Waals surface area contributed by atoms with Crippen LogP contribution in [-0.2, 0) is 17.8 Å². The van der Waals surface area contributed by atoms with Crippen molar-refractivity contribution < 1.29 is 4.79 Å². The van der Waals surface area contributed by atoms with E-state index >= 15 is 0 Å². The molecule has 0 aliphatic carbocycles. The predicted octanol–water partition coefficient (Wildman–Crippen LogP) is 3.28. The van der Waals surface area contributed by atoms with Crippen LogP contribution in [0.25, 0.3) is 0 Å². The Morgan fingerprint density at radius 3 is 2.62 bits per heavy atom. The van der Waals surface area contributed by atoms with E-state index in [1.807, 2.05) is 43.3 Å². The lowest BCUT2D eigenvalue weighted by Crippen LogP contribution is -2.21. The molecular weight excluding hydrogens is 260 g/mol. The van der Waals surface area contributed by atoms with Gasteiger partial charge in [0.15, 0.2) is 0 Å². The number of nitrogens with one attached hydrogen (secondary N) is 1. The summed E-state index contributed by atoms with van der Waals surface area (Å²) >= 11 is 0. The number of aromatic nitrogens is 1. The van der Waals surface area contributed by atoms with Crippen LogP contribution in [-0.4, -0.2) is 10.9 Å². The van der Waals surface area contributed by atoms with Crippen molar-refractivity contribution in [3.05, 3.63) is 77.6 Å². The van der Waals surface area contributed by atoms with Gasteiger partial charge in [-0.3, -0.25) is 9.78 Å². The number of carbonyl (C=O) groups excluding carboxylic acids is 1. The number of carbonyl (C=O) groups is 1. The van der Waals surface area contributed by atoms with Gasteiger partial charge >= 0.3 is 0 Å². The molecular formula is C18H20N2O. The van der Waals surface area contributed by atoms with E-state index in [1.54, 1.807) is 12.3 Å². The van der Waals surface area contributed by atoms with Crippen LogP contribution in [0.3, 0.4) is 0 Å². The highest BCUT2D eigenvalue weighted by atomic mass is 16.1. The Kier molecular flexibility index (Phi) is 5.71. The van der Waals surface area contributed by atoms with Gasteiger partial charge in [-0.05, 0) is 37.5 Å². The minimum absolute atomic E-state index is 0.0637. The Labute approximate surface area is 125 Å². The number of hydrogen-bond acceptors (Lipinski definition) is 2. The highest BCUT2D eigenvalue weighted by Crippen LogP contribution is 2.08. The van der Waals surface area contributed by atoms with Gasteiger partial charge in [0, 0.05) is 12.3 Å². The largest absolute Gasteiger partial charge is 0.347 e. The smallest absolute Gasteiger partial charge is 0.244 e. The van der Waals surface area contributed by atoms with Crippen LogP contribution < -0.4 is 5.32 Å². The second-order valence-corrected chi connectivity index (χ2v) is 5.02. The van der Waals surface area contributed by atoms with Gasteiger partial charge in [-0.1, -0.05) is 42.0 Å². The summed E-state index contributed by atoms with van der Waals surface area (Å²) in [6.45, 7) is 2.45. The lowest BCUT2D eigenvalue weighted by molar-refractivity contribution is -0.116. The fourth-order valence-electron chi connectivity index (χ4n) is 2.01. The van der Waals surface area contributed by atoms with Crippen molar-refractivity contribution in [1.29, 1.82) is 0 Å². The van der Waals surface area contributed by atoms with E-state index in [2.05, 4.69) is 22.4 Å². The van der Waals surface area contributed by atoms with Gasteiger partial charge in [-0.15, -0.1) is 0 Å². The number of benzene rings is 1. The van der Waals surface area contributed by atoms with Crippen molar-refractivity contribution >= 4 is 5.91 Å². The van der Waals surface area contributed by atoms with Crippen LogP contribution >= 0.6 is 0 Å². The van der Waals surface area contributed by atoms with Gasteiger partial charge < -0.3 is 5.32 Å². The van der Waals surface area contributed by atoms with Crippen molar-refractivity contribution in [2.24, 2.45) is 0 Å². The number of allylic oxidation sites excluding steroid dienone is 1. The molecule has 0 atom stereocenters. The number of hydrogen-bond donors (Lipinski definition) is 1. The molecule has 0 spiro atoms. The molecule has 3 heteroatoms. The molecule has 0 fully saturated rings. The first-order valence-electron chi connectivity index (χ1n) is 7.13. The average molecular weight is 280 g/mol. The summed E-state index contributed by atoms with van der Waals surface area (Å²) < 4.78 is 0. The Balaban J connectivity index is 1.77. The predicted molar refractivity (Wildman–Crippen MR) is 84.6 cm³/mol. The molecule has 1 N–H and O–H groups in total. The summed E-state index contributed by atoms with van der Waals surface area (Å²) in [5.74, 6) is -0.0637. The SMILES string of the molecule is CC(=CC(=O)NCc1ccccn1)CCc1ccccc1. The van der Waals surface area contributed by atoms with Gasteiger partial charge in [-0.2, -0.15) is 0 Å².